The van der Waals surface area contributed by atoms with Crippen molar-refractivity contribution < 1.29 is 13.6 Å². The average molecular weight is 897 g/mol. The molecule has 1 aliphatic carbocycles. The van der Waals surface area contributed by atoms with E-state index in [4.69, 9.17) is 13.6 Å². The second-order valence-corrected chi connectivity index (χ2v) is 18.3. The predicted molar refractivity (Wildman–Crippen MR) is 285 cm³/mol. The van der Waals surface area contributed by atoms with Crippen molar-refractivity contribution in [3.8, 4) is 22.6 Å². The first-order valence-corrected chi connectivity index (χ1v) is 23.8. The van der Waals surface area contributed by atoms with Gasteiger partial charge in [0.25, 0.3) is 0 Å². The molecular formula is C65H40N2O3. The van der Waals surface area contributed by atoms with Crippen LogP contribution < -0.4 is 14.5 Å². The van der Waals surface area contributed by atoms with Crippen molar-refractivity contribution >= 4 is 88.8 Å². The van der Waals surface area contributed by atoms with Crippen LogP contribution in [0.5, 0.6) is 11.5 Å². The number of rotatable bonds is 6. The summed E-state index contributed by atoms with van der Waals surface area (Å²) in [6, 6.07) is 86.6. The Hall–Kier alpha value is -9.32. The van der Waals surface area contributed by atoms with Gasteiger partial charge in [0.1, 0.15) is 28.2 Å². The second-order valence-electron chi connectivity index (χ2n) is 18.3. The number of ether oxygens (including phenoxy) is 1. The maximum Gasteiger partial charge on any atom is 0.159 e. The molecule has 2 aliphatic rings. The van der Waals surface area contributed by atoms with E-state index in [1.165, 1.54) is 27.6 Å². The van der Waals surface area contributed by atoms with Gasteiger partial charge in [-0.15, -0.1) is 0 Å². The van der Waals surface area contributed by atoms with Crippen LogP contribution in [0.1, 0.15) is 22.3 Å². The van der Waals surface area contributed by atoms with Gasteiger partial charge >= 0.3 is 0 Å². The Morgan fingerprint density at radius 1 is 0.300 bits per heavy atom. The van der Waals surface area contributed by atoms with Gasteiger partial charge in [-0.3, -0.25) is 0 Å². The summed E-state index contributed by atoms with van der Waals surface area (Å²) in [5, 5.41) is 6.49. The van der Waals surface area contributed by atoms with Crippen molar-refractivity contribution in [3.63, 3.8) is 0 Å². The number of furan rings is 2. The quantitative estimate of drug-likeness (QED) is 0.166. The number of nitrogens with zero attached hydrogens (tertiary/aromatic N) is 2. The summed E-state index contributed by atoms with van der Waals surface area (Å²) in [7, 11) is 0. The molecule has 0 fully saturated rings. The molecule has 0 N–H and O–H groups in total. The summed E-state index contributed by atoms with van der Waals surface area (Å²) in [5.41, 5.74) is 15.5. The minimum Gasteiger partial charge on any atom is -0.457 e. The van der Waals surface area contributed by atoms with Crippen LogP contribution >= 0.6 is 0 Å². The second kappa shape index (κ2) is 14.8. The Balaban J connectivity index is 1.05. The molecule has 0 saturated heterocycles. The number of benzene rings is 11. The molecule has 0 radical (unpaired) electrons. The summed E-state index contributed by atoms with van der Waals surface area (Å²) < 4.78 is 20.7. The number of fused-ring (bicyclic) bond motifs is 16. The van der Waals surface area contributed by atoms with E-state index >= 15 is 0 Å². The lowest BCUT2D eigenvalue weighted by molar-refractivity contribution is 0.436. The lowest BCUT2D eigenvalue weighted by atomic mass is 9.66. The summed E-state index contributed by atoms with van der Waals surface area (Å²) in [5.74, 6) is 1.67. The van der Waals surface area contributed by atoms with E-state index < -0.39 is 5.41 Å². The molecule has 0 bridgehead atoms. The van der Waals surface area contributed by atoms with Crippen molar-refractivity contribution in [1.29, 1.82) is 0 Å². The van der Waals surface area contributed by atoms with Crippen molar-refractivity contribution in [2.45, 2.75) is 5.41 Å². The topological polar surface area (TPSA) is 42.0 Å². The molecule has 15 rings (SSSR count). The molecule has 0 amide bonds. The first kappa shape index (κ1) is 38.8. The van der Waals surface area contributed by atoms with Gasteiger partial charge in [0.15, 0.2) is 5.58 Å². The standard InChI is InChI=1S/C65H40N2O3/c1-2-19-42(20-3-1)66(57-29-16-18-41-17-4-5-21-46(41)57)45-37-52-50-25-9-14-31-60(50)70-64(52)58(39-45)67(44-33-35-51-49-24-8-13-30-59(49)68-63(51)40-44)43-34-36-62-56(38-43)65(55-28-12-15-32-61(55)69-62)53-26-10-6-22-47(53)48-23-7-11-27-54(48)65/h1-40H. The van der Waals surface area contributed by atoms with Crippen molar-refractivity contribution in [2.24, 2.45) is 0 Å². The van der Waals surface area contributed by atoms with Gasteiger partial charge in [-0.25, -0.2) is 0 Å². The first-order chi connectivity index (χ1) is 34.7. The molecule has 1 aliphatic heterocycles. The van der Waals surface area contributed by atoms with Gasteiger partial charge in [-0.1, -0.05) is 158 Å². The molecule has 5 nitrogen and oxygen atoms in total. The molecule has 5 heteroatoms. The third-order valence-electron chi connectivity index (χ3n) is 14.7. The van der Waals surface area contributed by atoms with Crippen LogP contribution in [0.4, 0.5) is 34.1 Å². The van der Waals surface area contributed by atoms with Crippen LogP contribution in [-0.4, -0.2) is 0 Å². The number of anilines is 6. The third-order valence-corrected chi connectivity index (χ3v) is 14.7. The highest BCUT2D eigenvalue weighted by Crippen LogP contribution is 2.63. The highest BCUT2D eigenvalue weighted by molar-refractivity contribution is 6.14. The zero-order chi connectivity index (χ0) is 45.9. The van der Waals surface area contributed by atoms with E-state index in [0.29, 0.717) is 0 Å². The summed E-state index contributed by atoms with van der Waals surface area (Å²) in [6.45, 7) is 0. The molecule has 2 aromatic heterocycles. The first-order valence-electron chi connectivity index (χ1n) is 23.8. The van der Waals surface area contributed by atoms with Crippen LogP contribution in [0.25, 0.3) is 65.8 Å². The molecule has 1 spiro atoms. The average Bonchev–Trinajstić information content (AvgIpc) is 4.08. The maximum absolute atomic E-state index is 7.10. The zero-order valence-electron chi connectivity index (χ0n) is 37.7. The fraction of sp³-hybridized carbons (Fsp3) is 0.0154. The normalized spacial score (nSPS) is 13.1. The lowest BCUT2D eigenvalue weighted by Crippen LogP contribution is -2.32. The van der Waals surface area contributed by atoms with Crippen LogP contribution in [0.3, 0.4) is 0 Å². The van der Waals surface area contributed by atoms with Crippen molar-refractivity contribution in [3.05, 3.63) is 265 Å². The van der Waals surface area contributed by atoms with Crippen LogP contribution in [-0.2, 0) is 5.41 Å². The monoisotopic (exact) mass is 896 g/mol. The molecule has 11 aromatic carbocycles. The number of hydrogen-bond donors (Lipinski definition) is 0. The van der Waals surface area contributed by atoms with E-state index in [9.17, 15) is 0 Å². The highest BCUT2D eigenvalue weighted by atomic mass is 16.5. The number of para-hydroxylation sites is 4. The van der Waals surface area contributed by atoms with Crippen molar-refractivity contribution in [1.82, 2.24) is 0 Å². The molecule has 0 saturated carbocycles. The zero-order valence-corrected chi connectivity index (χ0v) is 37.7. The molecule has 3 heterocycles. The Morgan fingerprint density at radius 3 is 1.67 bits per heavy atom. The maximum atomic E-state index is 7.10. The molecule has 328 valence electrons. The van der Waals surface area contributed by atoms with Gasteiger partial charge in [-0.05, 0) is 107 Å². The molecule has 0 unspecified atom stereocenters. The van der Waals surface area contributed by atoms with Crippen LogP contribution in [0.15, 0.2) is 251 Å². The van der Waals surface area contributed by atoms with E-state index in [0.717, 1.165) is 106 Å². The smallest absolute Gasteiger partial charge is 0.159 e. The van der Waals surface area contributed by atoms with Gasteiger partial charge < -0.3 is 23.4 Å². The SMILES string of the molecule is c1ccc(N(c2cc(N(c3ccc4c(c3)C3(c5ccccc5O4)c4ccccc4-c4ccccc43)c3ccc4c(c3)oc3ccccc34)c3oc4ccccc4c3c2)c2cccc3ccccc23)cc1. The highest BCUT2D eigenvalue weighted by Gasteiger charge is 2.51. The Labute approximate surface area is 403 Å². The summed E-state index contributed by atoms with van der Waals surface area (Å²) in [4.78, 5) is 4.74. The third kappa shape index (κ3) is 5.48. The Kier molecular flexibility index (Phi) is 8.21. The summed E-state index contributed by atoms with van der Waals surface area (Å²) >= 11 is 0. The molecule has 70 heavy (non-hydrogen) atoms. The molecule has 13 aromatic rings. The van der Waals surface area contributed by atoms with E-state index in [2.05, 4.69) is 234 Å². The molecule has 0 atom stereocenters. The fourth-order valence-corrected chi connectivity index (χ4v) is 11.8. The molecular weight excluding hydrogens is 857 g/mol. The van der Waals surface area contributed by atoms with E-state index in [-0.39, 0.29) is 0 Å². The van der Waals surface area contributed by atoms with Crippen molar-refractivity contribution in [2.75, 3.05) is 9.80 Å². The van der Waals surface area contributed by atoms with Crippen LogP contribution in [0, 0.1) is 0 Å². The van der Waals surface area contributed by atoms with E-state index in [1.807, 2.05) is 18.2 Å². The predicted octanol–water partition coefficient (Wildman–Crippen LogP) is 18.0. The van der Waals surface area contributed by atoms with Gasteiger partial charge in [0.2, 0.25) is 0 Å². The Bertz CT molecular complexity index is 4210. The van der Waals surface area contributed by atoms with Crippen LogP contribution in [0.2, 0.25) is 0 Å². The largest absolute Gasteiger partial charge is 0.457 e. The number of hydrogen-bond acceptors (Lipinski definition) is 5. The lowest BCUT2D eigenvalue weighted by Gasteiger charge is -2.40. The van der Waals surface area contributed by atoms with Gasteiger partial charge in [-0.2, -0.15) is 0 Å². The Morgan fingerprint density at radius 2 is 0.871 bits per heavy atom. The minimum absolute atomic E-state index is 0.670. The van der Waals surface area contributed by atoms with Gasteiger partial charge in [0.05, 0.1) is 22.5 Å². The fourth-order valence-electron chi connectivity index (χ4n) is 11.8. The summed E-state index contributed by atoms with van der Waals surface area (Å²) in [6.07, 6.45) is 0. The van der Waals surface area contributed by atoms with Gasteiger partial charge in [0, 0.05) is 61.2 Å². The minimum atomic E-state index is -0.670. The van der Waals surface area contributed by atoms with E-state index in [1.54, 1.807) is 0 Å².